The van der Waals surface area contributed by atoms with Crippen molar-refractivity contribution in [2.24, 2.45) is 0 Å². The zero-order valence-corrected chi connectivity index (χ0v) is 10.5. The lowest BCUT2D eigenvalue weighted by Crippen LogP contribution is -2.04. The highest BCUT2D eigenvalue weighted by molar-refractivity contribution is 7.98. The highest BCUT2D eigenvalue weighted by atomic mass is 32.2. The predicted molar refractivity (Wildman–Crippen MR) is 69.2 cm³/mol. The Kier molecular flexibility index (Phi) is 5.40. The Morgan fingerprint density at radius 1 is 1.40 bits per heavy atom. The number of thioether (sulfide) groups is 1. The molecule has 0 bridgehead atoms. The van der Waals surface area contributed by atoms with Gasteiger partial charge in [-0.1, -0.05) is 6.07 Å². The standard InChI is InChI=1S/C12H19NOS/c1-10-5-6-11(12(9-10)14-2)13-7-4-8-15-3/h5-6,9,13H,4,7-8H2,1-3H3. The molecule has 1 N–H and O–H groups in total. The fourth-order valence-corrected chi connectivity index (χ4v) is 1.82. The molecule has 0 spiro atoms. The van der Waals surface area contributed by atoms with Gasteiger partial charge in [0, 0.05) is 6.54 Å². The van der Waals surface area contributed by atoms with E-state index in [1.807, 2.05) is 11.8 Å². The molecule has 0 saturated heterocycles. The lowest BCUT2D eigenvalue weighted by Gasteiger charge is -2.11. The molecule has 1 rings (SSSR count). The summed E-state index contributed by atoms with van der Waals surface area (Å²) in [6, 6.07) is 6.23. The number of methoxy groups -OCH3 is 1. The van der Waals surface area contributed by atoms with Crippen LogP contribution < -0.4 is 10.1 Å². The average Bonchev–Trinajstić information content (AvgIpc) is 2.26. The van der Waals surface area contributed by atoms with Crippen LogP contribution in [-0.4, -0.2) is 25.7 Å². The fraction of sp³-hybridized carbons (Fsp3) is 0.500. The summed E-state index contributed by atoms with van der Waals surface area (Å²) >= 11 is 1.88. The topological polar surface area (TPSA) is 21.3 Å². The second-order valence-corrected chi connectivity index (χ2v) is 4.46. The van der Waals surface area contributed by atoms with E-state index in [2.05, 4.69) is 36.7 Å². The first-order chi connectivity index (χ1) is 7.27. The zero-order chi connectivity index (χ0) is 11.1. The van der Waals surface area contributed by atoms with Gasteiger partial charge in [-0.15, -0.1) is 0 Å². The van der Waals surface area contributed by atoms with E-state index in [1.54, 1.807) is 7.11 Å². The molecule has 15 heavy (non-hydrogen) atoms. The Balaban J connectivity index is 2.52. The second kappa shape index (κ2) is 6.62. The summed E-state index contributed by atoms with van der Waals surface area (Å²) in [6.07, 6.45) is 3.31. The second-order valence-electron chi connectivity index (χ2n) is 3.48. The Morgan fingerprint density at radius 2 is 2.20 bits per heavy atom. The molecule has 1 aromatic rings. The van der Waals surface area contributed by atoms with Crippen molar-refractivity contribution in [1.29, 1.82) is 0 Å². The van der Waals surface area contributed by atoms with E-state index in [1.165, 1.54) is 17.7 Å². The van der Waals surface area contributed by atoms with E-state index in [-0.39, 0.29) is 0 Å². The Labute approximate surface area is 96.4 Å². The van der Waals surface area contributed by atoms with Crippen LogP contribution in [0.25, 0.3) is 0 Å². The SMILES string of the molecule is COc1cc(C)ccc1NCCCSC. The molecule has 2 nitrogen and oxygen atoms in total. The molecule has 0 saturated carbocycles. The third-order valence-corrected chi connectivity index (χ3v) is 2.89. The van der Waals surface area contributed by atoms with Crippen LogP contribution in [0.3, 0.4) is 0 Å². The predicted octanol–water partition coefficient (Wildman–Crippen LogP) is 3.17. The number of benzene rings is 1. The van der Waals surface area contributed by atoms with Crippen LogP contribution in [0, 0.1) is 6.92 Å². The Hall–Kier alpha value is -0.830. The van der Waals surface area contributed by atoms with Gasteiger partial charge in [0.05, 0.1) is 12.8 Å². The number of nitrogens with one attached hydrogen (secondary N) is 1. The molecular formula is C12H19NOS. The summed E-state index contributed by atoms with van der Waals surface area (Å²) < 4.78 is 5.32. The van der Waals surface area contributed by atoms with Crippen molar-refractivity contribution in [1.82, 2.24) is 0 Å². The molecule has 0 atom stereocenters. The van der Waals surface area contributed by atoms with E-state index in [0.29, 0.717) is 0 Å². The molecule has 0 aliphatic heterocycles. The smallest absolute Gasteiger partial charge is 0.142 e. The van der Waals surface area contributed by atoms with Gasteiger partial charge >= 0.3 is 0 Å². The summed E-state index contributed by atoms with van der Waals surface area (Å²) in [5.41, 5.74) is 2.31. The fourth-order valence-electron chi connectivity index (χ4n) is 1.38. The summed E-state index contributed by atoms with van der Waals surface area (Å²) in [4.78, 5) is 0. The van der Waals surface area contributed by atoms with Gasteiger partial charge < -0.3 is 10.1 Å². The molecule has 0 aliphatic carbocycles. The van der Waals surface area contributed by atoms with Crippen molar-refractivity contribution < 1.29 is 4.74 Å². The first-order valence-electron chi connectivity index (χ1n) is 5.15. The van der Waals surface area contributed by atoms with Crippen molar-refractivity contribution >= 4 is 17.4 Å². The van der Waals surface area contributed by atoms with Gasteiger partial charge in [-0.05, 0) is 43.0 Å². The van der Waals surface area contributed by atoms with Gasteiger partial charge in [0.1, 0.15) is 5.75 Å². The third kappa shape index (κ3) is 4.04. The molecule has 0 heterocycles. The quantitative estimate of drug-likeness (QED) is 0.751. The van der Waals surface area contributed by atoms with Crippen LogP contribution in [0.4, 0.5) is 5.69 Å². The summed E-state index contributed by atoms with van der Waals surface area (Å²) in [5.74, 6) is 2.13. The minimum absolute atomic E-state index is 0.930. The lowest BCUT2D eigenvalue weighted by atomic mass is 10.2. The molecule has 0 unspecified atom stereocenters. The zero-order valence-electron chi connectivity index (χ0n) is 9.67. The van der Waals surface area contributed by atoms with E-state index in [9.17, 15) is 0 Å². The van der Waals surface area contributed by atoms with E-state index in [4.69, 9.17) is 4.74 Å². The maximum absolute atomic E-state index is 5.32. The number of aryl methyl sites for hydroxylation is 1. The molecule has 3 heteroatoms. The molecule has 1 aromatic carbocycles. The first-order valence-corrected chi connectivity index (χ1v) is 6.54. The molecule has 0 radical (unpaired) electrons. The van der Waals surface area contributed by atoms with Gasteiger partial charge in [0.15, 0.2) is 0 Å². The van der Waals surface area contributed by atoms with Gasteiger partial charge in [0.2, 0.25) is 0 Å². The number of hydrogen-bond acceptors (Lipinski definition) is 3. The van der Waals surface area contributed by atoms with Crippen molar-refractivity contribution in [2.75, 3.05) is 31.0 Å². The van der Waals surface area contributed by atoms with Crippen molar-refractivity contribution in [2.45, 2.75) is 13.3 Å². The normalized spacial score (nSPS) is 10.1. The van der Waals surface area contributed by atoms with E-state index < -0.39 is 0 Å². The lowest BCUT2D eigenvalue weighted by molar-refractivity contribution is 0.416. The summed E-state index contributed by atoms with van der Waals surface area (Å²) in [6.45, 7) is 3.07. The molecule has 84 valence electrons. The number of hydrogen-bond donors (Lipinski definition) is 1. The summed E-state index contributed by atoms with van der Waals surface area (Å²) in [7, 11) is 1.71. The molecule has 0 amide bonds. The first kappa shape index (κ1) is 12.2. The molecule has 0 aliphatic rings. The monoisotopic (exact) mass is 225 g/mol. The molecule has 0 aromatic heterocycles. The average molecular weight is 225 g/mol. The maximum atomic E-state index is 5.32. The number of anilines is 1. The highest BCUT2D eigenvalue weighted by Gasteiger charge is 2.01. The van der Waals surface area contributed by atoms with Crippen LogP contribution in [-0.2, 0) is 0 Å². The highest BCUT2D eigenvalue weighted by Crippen LogP contribution is 2.25. The van der Waals surface area contributed by atoms with Gasteiger partial charge in [0.25, 0.3) is 0 Å². The van der Waals surface area contributed by atoms with Crippen molar-refractivity contribution in [3.8, 4) is 5.75 Å². The maximum Gasteiger partial charge on any atom is 0.142 e. The van der Waals surface area contributed by atoms with Gasteiger partial charge in [-0.3, -0.25) is 0 Å². The minimum atomic E-state index is 0.930. The third-order valence-electron chi connectivity index (χ3n) is 2.20. The largest absolute Gasteiger partial charge is 0.495 e. The van der Waals surface area contributed by atoms with Gasteiger partial charge in [-0.2, -0.15) is 11.8 Å². The Morgan fingerprint density at radius 3 is 2.87 bits per heavy atom. The Bertz CT molecular complexity index is 302. The minimum Gasteiger partial charge on any atom is -0.495 e. The summed E-state index contributed by atoms with van der Waals surface area (Å²) in [5, 5.41) is 3.39. The molecule has 0 fully saturated rings. The number of rotatable bonds is 6. The van der Waals surface area contributed by atoms with Crippen LogP contribution in [0.5, 0.6) is 5.75 Å². The van der Waals surface area contributed by atoms with E-state index in [0.717, 1.165) is 18.0 Å². The van der Waals surface area contributed by atoms with Gasteiger partial charge in [-0.25, -0.2) is 0 Å². The van der Waals surface area contributed by atoms with Crippen LogP contribution in [0.1, 0.15) is 12.0 Å². The van der Waals surface area contributed by atoms with E-state index >= 15 is 0 Å². The van der Waals surface area contributed by atoms with Crippen molar-refractivity contribution in [3.63, 3.8) is 0 Å². The molecular weight excluding hydrogens is 206 g/mol. The van der Waals surface area contributed by atoms with Crippen LogP contribution >= 0.6 is 11.8 Å². The van der Waals surface area contributed by atoms with Crippen molar-refractivity contribution in [3.05, 3.63) is 23.8 Å². The number of ether oxygens (including phenoxy) is 1. The van der Waals surface area contributed by atoms with Crippen LogP contribution in [0.2, 0.25) is 0 Å². The van der Waals surface area contributed by atoms with Crippen LogP contribution in [0.15, 0.2) is 18.2 Å².